The number of nitrogens with zero attached hydrogens (tertiary/aromatic N) is 1. The van der Waals surface area contributed by atoms with Crippen LogP contribution in [0, 0.1) is 10.1 Å². The summed E-state index contributed by atoms with van der Waals surface area (Å²) < 4.78 is 37.3. The molecule has 5 nitrogen and oxygen atoms in total. The summed E-state index contributed by atoms with van der Waals surface area (Å²) in [7, 11) is 0. The molecule has 0 saturated heterocycles. The third-order valence-electron chi connectivity index (χ3n) is 2.10. The van der Waals surface area contributed by atoms with E-state index in [1.54, 1.807) is 6.92 Å². The van der Waals surface area contributed by atoms with Crippen molar-refractivity contribution < 1.29 is 22.9 Å². The highest BCUT2D eigenvalue weighted by atomic mass is 19.4. The van der Waals surface area contributed by atoms with Gasteiger partial charge in [0.05, 0.1) is 10.5 Å². The number of nitrogens with one attached hydrogen (secondary N) is 1. The summed E-state index contributed by atoms with van der Waals surface area (Å²) in [5, 5.41) is 12.8. The highest BCUT2D eigenvalue weighted by Gasteiger charge is 2.33. The van der Waals surface area contributed by atoms with Crippen molar-refractivity contribution in [2.45, 2.75) is 13.1 Å². The van der Waals surface area contributed by atoms with Gasteiger partial charge in [-0.25, -0.2) is 0 Å². The second-order valence-corrected chi connectivity index (χ2v) is 3.48. The predicted molar refractivity (Wildman–Crippen MR) is 61.5 cm³/mol. The van der Waals surface area contributed by atoms with Gasteiger partial charge in [-0.05, 0) is 25.1 Å². The van der Waals surface area contributed by atoms with Gasteiger partial charge in [-0.3, -0.25) is 14.9 Å². The molecule has 0 aliphatic carbocycles. The summed E-state index contributed by atoms with van der Waals surface area (Å²) in [6.45, 7) is 1.56. The van der Waals surface area contributed by atoms with Crippen LogP contribution in [-0.2, 0) is 11.0 Å². The quantitative estimate of drug-likeness (QED) is 0.523. The lowest BCUT2D eigenvalue weighted by Crippen LogP contribution is -2.11. The first-order chi connectivity index (χ1) is 8.75. The molecule has 0 heterocycles. The molecule has 0 aliphatic rings. The molecular formula is C11H9F3N2O3. The zero-order chi connectivity index (χ0) is 14.6. The van der Waals surface area contributed by atoms with Crippen molar-refractivity contribution in [2.75, 3.05) is 5.32 Å². The van der Waals surface area contributed by atoms with E-state index in [1.807, 2.05) is 0 Å². The minimum atomic E-state index is -4.68. The number of hydrogen-bond donors (Lipinski definition) is 1. The van der Waals surface area contributed by atoms with E-state index in [0.717, 1.165) is 12.1 Å². The first-order valence-electron chi connectivity index (χ1n) is 5.05. The van der Waals surface area contributed by atoms with Gasteiger partial charge < -0.3 is 5.32 Å². The molecule has 0 bridgehead atoms. The summed E-state index contributed by atoms with van der Waals surface area (Å²) in [4.78, 5) is 20.9. The molecule has 1 aromatic carbocycles. The van der Waals surface area contributed by atoms with E-state index in [0.29, 0.717) is 12.1 Å². The third-order valence-corrected chi connectivity index (χ3v) is 2.10. The van der Waals surface area contributed by atoms with Crippen molar-refractivity contribution in [1.82, 2.24) is 0 Å². The van der Waals surface area contributed by atoms with Crippen LogP contribution < -0.4 is 5.32 Å². The van der Waals surface area contributed by atoms with Crippen LogP contribution >= 0.6 is 0 Å². The average molecular weight is 274 g/mol. The fraction of sp³-hybridized carbons (Fsp3) is 0.182. The van der Waals surface area contributed by atoms with Crippen LogP contribution in [0.5, 0.6) is 0 Å². The molecule has 0 atom stereocenters. The lowest BCUT2D eigenvalue weighted by atomic mass is 10.1. The first-order valence-corrected chi connectivity index (χ1v) is 5.05. The van der Waals surface area contributed by atoms with Crippen molar-refractivity contribution in [3.8, 4) is 0 Å². The van der Waals surface area contributed by atoms with Crippen LogP contribution in [-0.4, -0.2) is 10.8 Å². The number of benzene rings is 1. The molecule has 0 unspecified atom stereocenters. The van der Waals surface area contributed by atoms with Gasteiger partial charge in [-0.1, -0.05) is 6.08 Å². The molecule has 102 valence electrons. The van der Waals surface area contributed by atoms with Crippen LogP contribution in [0.4, 0.5) is 24.5 Å². The van der Waals surface area contributed by atoms with E-state index < -0.39 is 28.3 Å². The second kappa shape index (κ2) is 5.51. The SMILES string of the molecule is C/C=C/C(=O)Nc1ccc(C(F)(F)F)cc1[N+](=O)[O-]. The highest BCUT2D eigenvalue weighted by Crippen LogP contribution is 2.34. The Morgan fingerprint density at radius 1 is 1.42 bits per heavy atom. The number of rotatable bonds is 3. The number of alkyl halides is 3. The van der Waals surface area contributed by atoms with Crippen LogP contribution in [0.2, 0.25) is 0 Å². The first kappa shape index (κ1) is 14.7. The predicted octanol–water partition coefficient (Wildman–Crippen LogP) is 3.13. The maximum absolute atomic E-state index is 12.4. The molecule has 0 saturated carbocycles. The number of hydrogen-bond acceptors (Lipinski definition) is 3. The standard InChI is InChI=1S/C11H9F3N2O3/c1-2-3-10(17)15-8-5-4-7(11(12,13)14)6-9(8)16(18)19/h2-6H,1H3,(H,15,17)/b3-2+. The summed E-state index contributed by atoms with van der Waals surface area (Å²) >= 11 is 0. The molecule has 8 heteroatoms. The lowest BCUT2D eigenvalue weighted by Gasteiger charge is -2.08. The van der Waals surface area contributed by atoms with Gasteiger partial charge in [-0.15, -0.1) is 0 Å². The summed E-state index contributed by atoms with van der Waals surface area (Å²) in [6.07, 6.45) is -2.19. The maximum atomic E-state index is 12.4. The normalized spacial score (nSPS) is 11.6. The molecule has 0 radical (unpaired) electrons. The van der Waals surface area contributed by atoms with Crippen LogP contribution in [0.3, 0.4) is 0 Å². The number of amides is 1. The molecule has 1 amide bonds. The molecule has 0 fully saturated rings. The Morgan fingerprint density at radius 3 is 2.53 bits per heavy atom. The van der Waals surface area contributed by atoms with Gasteiger partial charge in [0.25, 0.3) is 5.69 Å². The van der Waals surface area contributed by atoms with Crippen molar-refractivity contribution >= 4 is 17.3 Å². The Bertz CT molecular complexity index is 538. The second-order valence-electron chi connectivity index (χ2n) is 3.48. The van der Waals surface area contributed by atoms with E-state index in [-0.39, 0.29) is 5.69 Å². The minimum absolute atomic E-state index is 0.291. The molecule has 0 spiro atoms. The van der Waals surface area contributed by atoms with E-state index in [1.165, 1.54) is 6.08 Å². The lowest BCUT2D eigenvalue weighted by molar-refractivity contribution is -0.384. The topological polar surface area (TPSA) is 72.2 Å². The van der Waals surface area contributed by atoms with Crippen molar-refractivity contribution in [3.63, 3.8) is 0 Å². The van der Waals surface area contributed by atoms with Crippen molar-refractivity contribution in [3.05, 3.63) is 46.0 Å². The van der Waals surface area contributed by atoms with Gasteiger partial charge in [0, 0.05) is 6.07 Å². The summed E-state index contributed by atoms with van der Waals surface area (Å²) in [6, 6.07) is 1.89. The largest absolute Gasteiger partial charge is 0.416 e. The smallest absolute Gasteiger partial charge is 0.317 e. The van der Waals surface area contributed by atoms with Crippen LogP contribution in [0.25, 0.3) is 0 Å². The van der Waals surface area contributed by atoms with E-state index in [2.05, 4.69) is 5.32 Å². The van der Waals surface area contributed by atoms with E-state index in [9.17, 15) is 28.1 Å². The van der Waals surface area contributed by atoms with Gasteiger partial charge in [0.1, 0.15) is 5.69 Å². The zero-order valence-electron chi connectivity index (χ0n) is 9.69. The maximum Gasteiger partial charge on any atom is 0.416 e. The Labute approximate surface area is 105 Å². The number of carbonyl (C=O) groups is 1. The summed E-state index contributed by atoms with van der Waals surface area (Å²) in [5.41, 5.74) is -2.25. The number of nitro groups is 1. The molecule has 1 rings (SSSR count). The van der Waals surface area contributed by atoms with E-state index in [4.69, 9.17) is 0 Å². The number of carbonyl (C=O) groups excluding carboxylic acids is 1. The molecule has 1 aromatic rings. The monoisotopic (exact) mass is 274 g/mol. The zero-order valence-corrected chi connectivity index (χ0v) is 9.69. The number of halogens is 3. The third kappa shape index (κ3) is 3.80. The van der Waals surface area contributed by atoms with E-state index >= 15 is 0 Å². The van der Waals surface area contributed by atoms with Gasteiger partial charge in [0.15, 0.2) is 0 Å². The molecular weight excluding hydrogens is 265 g/mol. The Morgan fingerprint density at radius 2 is 2.05 bits per heavy atom. The Balaban J connectivity index is 3.19. The van der Waals surface area contributed by atoms with Gasteiger partial charge in [0.2, 0.25) is 5.91 Å². The number of nitro benzene ring substituents is 1. The number of anilines is 1. The van der Waals surface area contributed by atoms with Gasteiger partial charge in [-0.2, -0.15) is 13.2 Å². The van der Waals surface area contributed by atoms with Gasteiger partial charge >= 0.3 is 6.18 Å². The van der Waals surface area contributed by atoms with Crippen LogP contribution in [0.1, 0.15) is 12.5 Å². The van der Waals surface area contributed by atoms with Crippen molar-refractivity contribution in [1.29, 1.82) is 0 Å². The summed E-state index contributed by atoms with van der Waals surface area (Å²) in [5.74, 6) is -0.662. The average Bonchev–Trinajstić information content (AvgIpc) is 2.27. The fourth-order valence-corrected chi connectivity index (χ4v) is 1.29. The highest BCUT2D eigenvalue weighted by molar-refractivity contribution is 6.00. The molecule has 1 N–H and O–H groups in total. The minimum Gasteiger partial charge on any atom is -0.317 e. The molecule has 0 aliphatic heterocycles. The Kier molecular flexibility index (Phi) is 4.26. The molecule has 0 aromatic heterocycles. The molecule has 19 heavy (non-hydrogen) atoms. The fourth-order valence-electron chi connectivity index (χ4n) is 1.29. The van der Waals surface area contributed by atoms with Crippen molar-refractivity contribution in [2.24, 2.45) is 0 Å². The number of allylic oxidation sites excluding steroid dienone is 1. The van der Waals surface area contributed by atoms with Crippen LogP contribution in [0.15, 0.2) is 30.4 Å². The Hall–Kier alpha value is -2.38.